The number of nitrogens with zero attached hydrogens (tertiary/aromatic N) is 2. The third kappa shape index (κ3) is 3.37. The maximum Gasteiger partial charge on any atom is 0.244 e. The third-order valence-electron chi connectivity index (χ3n) is 4.06. The summed E-state index contributed by atoms with van der Waals surface area (Å²) in [6.07, 6.45) is 1.73. The molecule has 24 heavy (non-hydrogen) atoms. The molecule has 0 radical (unpaired) electrons. The highest BCUT2D eigenvalue weighted by Crippen LogP contribution is 2.33. The Bertz CT molecular complexity index is 831. The summed E-state index contributed by atoms with van der Waals surface area (Å²) in [5.41, 5.74) is 3.29. The molecule has 4 nitrogen and oxygen atoms in total. The zero-order valence-corrected chi connectivity index (χ0v) is 14.7. The van der Waals surface area contributed by atoms with Gasteiger partial charge in [0, 0.05) is 30.9 Å². The molecule has 128 valence electrons. The number of halogens is 2. The minimum absolute atomic E-state index is 0. The lowest BCUT2D eigenvalue weighted by molar-refractivity contribution is 0.187. The Balaban J connectivity index is 0.00000208. The molecule has 3 aromatic rings. The Labute approximate surface area is 146 Å². The highest BCUT2D eigenvalue weighted by molar-refractivity contribution is 5.89. The van der Waals surface area contributed by atoms with Crippen LogP contribution in [0.3, 0.4) is 0 Å². The summed E-state index contributed by atoms with van der Waals surface area (Å²) in [6, 6.07) is 7.92. The summed E-state index contributed by atoms with van der Waals surface area (Å²) >= 11 is 0. The van der Waals surface area contributed by atoms with Crippen LogP contribution in [0.4, 0.5) is 4.39 Å². The molecule has 6 heteroatoms. The molecule has 0 fully saturated rings. The molecule has 0 saturated heterocycles. The van der Waals surface area contributed by atoms with Gasteiger partial charge in [-0.15, -0.1) is 12.4 Å². The normalized spacial score (nSPS) is 10.7. The van der Waals surface area contributed by atoms with Gasteiger partial charge in [-0.2, -0.15) is 0 Å². The zero-order chi connectivity index (χ0) is 16.4. The van der Waals surface area contributed by atoms with Crippen LogP contribution >= 0.6 is 12.4 Å². The van der Waals surface area contributed by atoms with E-state index in [1.54, 1.807) is 25.4 Å². The van der Waals surface area contributed by atoms with Gasteiger partial charge in [0.1, 0.15) is 17.1 Å². The number of ether oxygens (including phenoxy) is 2. The van der Waals surface area contributed by atoms with Crippen LogP contribution in [-0.2, 0) is 11.3 Å². The van der Waals surface area contributed by atoms with E-state index in [0.717, 1.165) is 23.1 Å². The molecule has 0 aliphatic heterocycles. The first-order chi connectivity index (χ1) is 11.1. The van der Waals surface area contributed by atoms with E-state index in [1.165, 1.54) is 17.7 Å². The van der Waals surface area contributed by atoms with Crippen LogP contribution in [0.2, 0.25) is 0 Å². The molecule has 2 heterocycles. The highest BCUT2D eigenvalue weighted by atomic mass is 35.5. The van der Waals surface area contributed by atoms with Crippen LogP contribution in [0.1, 0.15) is 11.3 Å². The number of benzene rings is 1. The summed E-state index contributed by atoms with van der Waals surface area (Å²) in [7, 11) is 1.68. The van der Waals surface area contributed by atoms with E-state index >= 15 is 0 Å². The predicted molar refractivity (Wildman–Crippen MR) is 94.8 cm³/mol. The topological polar surface area (TPSA) is 36.3 Å². The largest absolute Gasteiger partial charge is 0.437 e. The number of aryl methyl sites for hydroxylation is 1. The Morgan fingerprint density at radius 1 is 1.12 bits per heavy atom. The molecule has 0 saturated carbocycles. The van der Waals surface area contributed by atoms with Crippen molar-refractivity contribution in [3.05, 3.63) is 53.6 Å². The van der Waals surface area contributed by atoms with E-state index in [1.807, 2.05) is 6.07 Å². The van der Waals surface area contributed by atoms with Crippen molar-refractivity contribution in [3.63, 3.8) is 0 Å². The summed E-state index contributed by atoms with van der Waals surface area (Å²) in [6.45, 7) is 5.49. The van der Waals surface area contributed by atoms with Gasteiger partial charge in [0.15, 0.2) is 0 Å². The molecule has 0 spiro atoms. The lowest BCUT2D eigenvalue weighted by atomic mass is 10.2. The lowest BCUT2D eigenvalue weighted by Gasteiger charge is -2.11. The van der Waals surface area contributed by atoms with E-state index in [9.17, 15) is 4.39 Å². The van der Waals surface area contributed by atoms with Crippen molar-refractivity contribution in [1.82, 2.24) is 9.55 Å². The fourth-order valence-corrected chi connectivity index (χ4v) is 2.71. The van der Waals surface area contributed by atoms with Crippen LogP contribution in [0, 0.1) is 19.7 Å². The second-order valence-electron chi connectivity index (χ2n) is 5.42. The first-order valence-corrected chi connectivity index (χ1v) is 7.48. The Morgan fingerprint density at radius 3 is 2.50 bits per heavy atom. The molecule has 3 rings (SSSR count). The number of rotatable bonds is 5. The lowest BCUT2D eigenvalue weighted by Crippen LogP contribution is -2.06. The van der Waals surface area contributed by atoms with Crippen molar-refractivity contribution in [1.29, 1.82) is 0 Å². The van der Waals surface area contributed by atoms with Gasteiger partial charge >= 0.3 is 0 Å². The molecule has 0 aliphatic carbocycles. The molecule has 0 amide bonds. The fourth-order valence-electron chi connectivity index (χ4n) is 2.71. The predicted octanol–water partition coefficient (Wildman–Crippen LogP) is 4.65. The number of methoxy groups -OCH3 is 1. The van der Waals surface area contributed by atoms with Gasteiger partial charge in [-0.25, -0.2) is 9.37 Å². The average molecular weight is 351 g/mol. The molecular formula is C18H20ClFN2O2. The Kier molecular flexibility index (Phi) is 5.80. The smallest absolute Gasteiger partial charge is 0.244 e. The molecule has 2 aromatic heterocycles. The van der Waals surface area contributed by atoms with E-state index in [-0.39, 0.29) is 18.2 Å². The number of aromatic nitrogens is 2. The Morgan fingerprint density at radius 2 is 1.83 bits per heavy atom. The number of fused-ring (bicyclic) bond motifs is 1. The van der Waals surface area contributed by atoms with Gasteiger partial charge in [-0.1, -0.05) is 0 Å². The minimum atomic E-state index is -0.293. The third-order valence-corrected chi connectivity index (χ3v) is 4.06. The molecule has 0 aliphatic rings. The first-order valence-electron chi connectivity index (χ1n) is 7.48. The molecular weight excluding hydrogens is 331 g/mol. The summed E-state index contributed by atoms with van der Waals surface area (Å²) in [4.78, 5) is 4.37. The summed E-state index contributed by atoms with van der Waals surface area (Å²) in [5, 5.41) is 1.10. The quantitative estimate of drug-likeness (QED) is 0.671. The highest BCUT2D eigenvalue weighted by Gasteiger charge is 2.16. The molecule has 0 N–H and O–H groups in total. The summed E-state index contributed by atoms with van der Waals surface area (Å²) < 4.78 is 26.3. The van der Waals surface area contributed by atoms with Gasteiger partial charge in [0.25, 0.3) is 0 Å². The van der Waals surface area contributed by atoms with E-state index in [2.05, 4.69) is 23.4 Å². The summed E-state index contributed by atoms with van der Waals surface area (Å²) in [5.74, 6) is 0.779. The Hall–Kier alpha value is -2.11. The maximum absolute atomic E-state index is 13.0. The first kappa shape index (κ1) is 18.2. The fraction of sp³-hybridized carbons (Fsp3) is 0.278. The van der Waals surface area contributed by atoms with Gasteiger partial charge < -0.3 is 14.0 Å². The van der Waals surface area contributed by atoms with Crippen LogP contribution < -0.4 is 4.74 Å². The SMILES string of the molecule is COCCn1c(C)c(C)c2ccnc(Oc3ccc(F)cc3)c21.Cl. The number of pyridine rings is 1. The second kappa shape index (κ2) is 7.64. The van der Waals surface area contributed by atoms with Gasteiger partial charge in [-0.3, -0.25) is 0 Å². The van der Waals surface area contributed by atoms with E-state index in [0.29, 0.717) is 18.2 Å². The van der Waals surface area contributed by atoms with E-state index < -0.39 is 0 Å². The average Bonchev–Trinajstić information content (AvgIpc) is 2.80. The van der Waals surface area contributed by atoms with Crippen molar-refractivity contribution >= 4 is 23.3 Å². The van der Waals surface area contributed by atoms with Crippen molar-refractivity contribution < 1.29 is 13.9 Å². The van der Waals surface area contributed by atoms with E-state index in [4.69, 9.17) is 9.47 Å². The molecule has 0 unspecified atom stereocenters. The minimum Gasteiger partial charge on any atom is -0.437 e. The number of hydrogen-bond donors (Lipinski definition) is 0. The van der Waals surface area contributed by atoms with Crippen molar-refractivity contribution in [2.45, 2.75) is 20.4 Å². The van der Waals surface area contributed by atoms with Gasteiger partial charge in [-0.05, 0) is 49.7 Å². The molecule has 0 bridgehead atoms. The van der Waals surface area contributed by atoms with Crippen molar-refractivity contribution in [2.75, 3.05) is 13.7 Å². The number of hydrogen-bond acceptors (Lipinski definition) is 3. The van der Waals surface area contributed by atoms with Crippen LogP contribution in [-0.4, -0.2) is 23.3 Å². The van der Waals surface area contributed by atoms with Crippen molar-refractivity contribution in [3.8, 4) is 11.6 Å². The standard InChI is InChI=1S/C18H19FN2O2.ClH/c1-12-13(2)21(10-11-22-3)17-16(12)8-9-20-18(17)23-15-6-4-14(19)5-7-15;/h4-9H,10-11H2,1-3H3;1H. The van der Waals surface area contributed by atoms with Crippen molar-refractivity contribution in [2.24, 2.45) is 0 Å². The second-order valence-corrected chi connectivity index (χ2v) is 5.42. The maximum atomic E-state index is 13.0. The monoisotopic (exact) mass is 350 g/mol. The van der Waals surface area contributed by atoms with Crippen LogP contribution in [0.5, 0.6) is 11.6 Å². The van der Waals surface area contributed by atoms with Gasteiger partial charge in [0.05, 0.1) is 6.61 Å². The van der Waals surface area contributed by atoms with Crippen LogP contribution in [0.25, 0.3) is 10.9 Å². The molecule has 0 atom stereocenters. The van der Waals surface area contributed by atoms with Crippen LogP contribution in [0.15, 0.2) is 36.5 Å². The zero-order valence-electron chi connectivity index (χ0n) is 13.9. The molecule has 1 aromatic carbocycles. The van der Waals surface area contributed by atoms with Gasteiger partial charge in [0.2, 0.25) is 5.88 Å².